The Morgan fingerprint density at radius 2 is 1.84 bits per heavy atom. The van der Waals surface area contributed by atoms with Crippen LogP contribution < -0.4 is 4.74 Å². The van der Waals surface area contributed by atoms with Gasteiger partial charge in [0.1, 0.15) is 24.0 Å². The van der Waals surface area contributed by atoms with Gasteiger partial charge in [0.05, 0.1) is 15.0 Å². The predicted molar refractivity (Wildman–Crippen MR) is 118 cm³/mol. The number of Topliss-reactive ketones (excluding diaryl/α,β-unsaturated/α-hetero) is 1. The number of ether oxygens (including phenoxy) is 1. The molecule has 3 rings (SSSR count). The van der Waals surface area contributed by atoms with Crippen LogP contribution in [0.15, 0.2) is 72.3 Å². The summed E-state index contributed by atoms with van der Waals surface area (Å²) in [7, 11) is 0. The molecule has 0 heterocycles. The lowest BCUT2D eigenvalue weighted by atomic mass is 10.0. The lowest BCUT2D eigenvalue weighted by Gasteiger charge is -2.10. The summed E-state index contributed by atoms with van der Waals surface area (Å²) in [6.07, 6.45) is 1.39. The number of non-ortho nitro benzene ring substituents is 1. The van der Waals surface area contributed by atoms with Crippen LogP contribution in [0.4, 0.5) is 5.69 Å². The summed E-state index contributed by atoms with van der Waals surface area (Å²) in [5.41, 5.74) is 0.954. The minimum Gasteiger partial charge on any atom is -0.488 e. The van der Waals surface area contributed by atoms with Gasteiger partial charge in [-0.1, -0.05) is 59.6 Å². The number of allylic oxidation sites excluding steroid dienone is 1. The summed E-state index contributed by atoms with van der Waals surface area (Å²) >= 11 is 11.9. The van der Waals surface area contributed by atoms with E-state index in [9.17, 15) is 20.2 Å². The molecule has 0 unspecified atom stereocenters. The molecule has 0 fully saturated rings. The number of nitrogens with zero attached hydrogens (tertiary/aromatic N) is 2. The highest BCUT2D eigenvalue weighted by atomic mass is 35.5. The topological polar surface area (TPSA) is 93.2 Å². The Balaban J connectivity index is 1.87. The molecule has 154 valence electrons. The van der Waals surface area contributed by atoms with Crippen LogP contribution in [0.25, 0.3) is 6.08 Å². The molecule has 0 N–H and O–H groups in total. The second kappa shape index (κ2) is 9.90. The summed E-state index contributed by atoms with van der Waals surface area (Å²) in [6.45, 7) is 0.197. The number of carbonyl (C=O) groups excluding carboxylic acids is 1. The van der Waals surface area contributed by atoms with E-state index in [0.29, 0.717) is 21.4 Å². The Morgan fingerprint density at radius 3 is 2.55 bits per heavy atom. The minimum atomic E-state index is -0.620. The molecule has 0 atom stereocenters. The smallest absolute Gasteiger partial charge is 0.270 e. The van der Waals surface area contributed by atoms with Gasteiger partial charge in [-0.15, -0.1) is 0 Å². The molecule has 8 heteroatoms. The van der Waals surface area contributed by atoms with Crippen LogP contribution in [0.2, 0.25) is 10.0 Å². The molecule has 0 aliphatic rings. The van der Waals surface area contributed by atoms with E-state index >= 15 is 0 Å². The number of rotatable bonds is 7. The van der Waals surface area contributed by atoms with Crippen LogP contribution in [0.5, 0.6) is 5.75 Å². The van der Waals surface area contributed by atoms with Crippen molar-refractivity contribution in [3.63, 3.8) is 0 Å². The summed E-state index contributed by atoms with van der Waals surface area (Å²) in [4.78, 5) is 23.1. The number of nitriles is 1. The lowest BCUT2D eigenvalue weighted by Crippen LogP contribution is -2.03. The first kappa shape index (κ1) is 22.0. The van der Waals surface area contributed by atoms with Crippen LogP contribution in [0.3, 0.4) is 0 Å². The van der Waals surface area contributed by atoms with Gasteiger partial charge >= 0.3 is 0 Å². The maximum absolute atomic E-state index is 12.7. The highest BCUT2D eigenvalue weighted by Crippen LogP contribution is 2.26. The molecule has 0 spiro atoms. The fourth-order valence-corrected chi connectivity index (χ4v) is 3.06. The number of halogens is 2. The van der Waals surface area contributed by atoms with Crippen molar-refractivity contribution in [1.29, 1.82) is 5.26 Å². The van der Waals surface area contributed by atoms with Crippen LogP contribution in [-0.4, -0.2) is 10.7 Å². The molecule has 0 saturated carbocycles. The average molecular weight is 453 g/mol. The number of ketones is 1. The first-order valence-electron chi connectivity index (χ1n) is 8.95. The van der Waals surface area contributed by atoms with Crippen molar-refractivity contribution in [1.82, 2.24) is 0 Å². The zero-order valence-electron chi connectivity index (χ0n) is 15.9. The number of hydrogen-bond donors (Lipinski definition) is 0. The van der Waals surface area contributed by atoms with Crippen molar-refractivity contribution < 1.29 is 14.5 Å². The molecular formula is C23H14Cl2N2O4. The summed E-state index contributed by atoms with van der Waals surface area (Å²) in [6, 6.07) is 19.1. The van der Waals surface area contributed by atoms with Crippen LogP contribution in [-0.2, 0) is 6.61 Å². The average Bonchev–Trinajstić information content (AvgIpc) is 2.78. The normalized spacial score (nSPS) is 10.9. The molecule has 0 saturated heterocycles. The Kier molecular flexibility index (Phi) is 7.03. The molecule has 0 radical (unpaired) electrons. The third-order valence-corrected chi connectivity index (χ3v) is 5.02. The van der Waals surface area contributed by atoms with E-state index in [2.05, 4.69) is 0 Å². The van der Waals surface area contributed by atoms with Crippen LogP contribution in [0, 0.1) is 21.4 Å². The van der Waals surface area contributed by atoms with E-state index in [4.69, 9.17) is 27.9 Å². The van der Waals surface area contributed by atoms with Crippen LogP contribution >= 0.6 is 23.2 Å². The fraction of sp³-hybridized carbons (Fsp3) is 0.0435. The molecule has 6 nitrogen and oxygen atoms in total. The van der Waals surface area contributed by atoms with Gasteiger partial charge in [-0.05, 0) is 29.8 Å². The number of para-hydroxylation sites is 1. The monoisotopic (exact) mass is 452 g/mol. The second-order valence-corrected chi connectivity index (χ2v) is 7.20. The zero-order chi connectivity index (χ0) is 22.4. The van der Waals surface area contributed by atoms with Gasteiger partial charge in [0.25, 0.3) is 5.69 Å². The Labute approximate surface area is 188 Å². The lowest BCUT2D eigenvalue weighted by molar-refractivity contribution is -0.384. The van der Waals surface area contributed by atoms with E-state index in [1.807, 2.05) is 6.07 Å². The van der Waals surface area contributed by atoms with Gasteiger partial charge in [-0.3, -0.25) is 14.9 Å². The van der Waals surface area contributed by atoms with Gasteiger partial charge in [0, 0.05) is 23.3 Å². The SMILES string of the molecule is N#C/C(=C\c1ccccc1OCc1ccc(Cl)c(Cl)c1)C(=O)c1cccc([N+](=O)[O-])c1. The Hall–Kier alpha value is -3.66. The quantitative estimate of drug-likeness (QED) is 0.138. The molecule has 3 aromatic rings. The van der Waals surface area contributed by atoms with Crippen molar-refractivity contribution in [2.45, 2.75) is 6.61 Å². The van der Waals surface area contributed by atoms with Crippen molar-refractivity contribution in [2.75, 3.05) is 0 Å². The van der Waals surface area contributed by atoms with Crippen molar-refractivity contribution in [2.24, 2.45) is 0 Å². The third kappa shape index (κ3) is 5.48. The Bertz CT molecular complexity index is 1230. The van der Waals surface area contributed by atoms with Crippen molar-refractivity contribution in [3.8, 4) is 11.8 Å². The third-order valence-electron chi connectivity index (χ3n) is 4.28. The minimum absolute atomic E-state index is 0.0520. The maximum atomic E-state index is 12.7. The summed E-state index contributed by atoms with van der Waals surface area (Å²) < 4.78 is 5.84. The number of nitro groups is 1. The molecule has 0 aliphatic heterocycles. The number of hydrogen-bond acceptors (Lipinski definition) is 5. The number of carbonyl (C=O) groups is 1. The fourth-order valence-electron chi connectivity index (χ4n) is 2.74. The van der Waals surface area contributed by atoms with E-state index in [1.54, 1.807) is 42.5 Å². The molecule has 0 bridgehead atoms. The second-order valence-electron chi connectivity index (χ2n) is 6.38. The molecule has 3 aromatic carbocycles. The number of nitro benzene ring substituents is 1. The highest BCUT2D eigenvalue weighted by Gasteiger charge is 2.16. The Morgan fingerprint density at radius 1 is 1.06 bits per heavy atom. The van der Waals surface area contributed by atoms with Gasteiger partial charge in [0.2, 0.25) is 5.78 Å². The van der Waals surface area contributed by atoms with Crippen molar-refractivity contribution in [3.05, 3.63) is 109 Å². The largest absolute Gasteiger partial charge is 0.488 e. The standard InChI is InChI=1S/C23H14Cl2N2O4/c24-20-9-8-15(10-21(20)25)14-31-22-7-2-1-4-16(22)11-18(13-26)23(28)17-5-3-6-19(12-17)27(29)30/h1-12H,14H2/b18-11+. The molecule has 0 aliphatic carbocycles. The predicted octanol–water partition coefficient (Wildman–Crippen LogP) is 6.27. The first-order valence-corrected chi connectivity index (χ1v) is 9.71. The van der Waals surface area contributed by atoms with E-state index in [-0.39, 0.29) is 23.4 Å². The van der Waals surface area contributed by atoms with E-state index in [0.717, 1.165) is 11.6 Å². The summed E-state index contributed by atoms with van der Waals surface area (Å²) in [5.74, 6) is -0.168. The zero-order valence-corrected chi connectivity index (χ0v) is 17.4. The molecular weight excluding hydrogens is 439 g/mol. The maximum Gasteiger partial charge on any atom is 0.270 e. The van der Waals surface area contributed by atoms with E-state index < -0.39 is 10.7 Å². The number of benzene rings is 3. The van der Waals surface area contributed by atoms with Crippen LogP contribution in [0.1, 0.15) is 21.5 Å². The molecule has 31 heavy (non-hydrogen) atoms. The van der Waals surface area contributed by atoms with Gasteiger partial charge < -0.3 is 4.74 Å². The molecule has 0 amide bonds. The van der Waals surface area contributed by atoms with Gasteiger partial charge in [-0.25, -0.2) is 0 Å². The first-order chi connectivity index (χ1) is 14.9. The van der Waals surface area contributed by atoms with Gasteiger partial charge in [-0.2, -0.15) is 5.26 Å². The highest BCUT2D eigenvalue weighted by molar-refractivity contribution is 6.42. The summed E-state index contributed by atoms with van der Waals surface area (Å²) in [5, 5.41) is 21.3. The van der Waals surface area contributed by atoms with Crippen molar-refractivity contribution >= 4 is 40.7 Å². The molecule has 0 aromatic heterocycles. The van der Waals surface area contributed by atoms with E-state index in [1.165, 1.54) is 24.3 Å². The van der Waals surface area contributed by atoms with Gasteiger partial charge in [0.15, 0.2) is 0 Å².